The smallest absolute Gasteiger partial charge is 0.309 e. The van der Waals surface area contributed by atoms with Crippen molar-refractivity contribution in [3.63, 3.8) is 0 Å². The summed E-state index contributed by atoms with van der Waals surface area (Å²) < 4.78 is 12.5. The summed E-state index contributed by atoms with van der Waals surface area (Å²) in [6.45, 7) is 4.27. The Morgan fingerprint density at radius 1 is 1.39 bits per heavy atom. The van der Waals surface area contributed by atoms with Crippen molar-refractivity contribution in [2.24, 2.45) is 5.73 Å². The van der Waals surface area contributed by atoms with Gasteiger partial charge in [0.25, 0.3) is 0 Å². The second kappa shape index (κ2) is 7.23. The summed E-state index contributed by atoms with van der Waals surface area (Å²) in [5, 5.41) is 1.06. The number of hydrogen-bond acceptors (Lipinski definition) is 4. The number of nitrogens with zero attached hydrogens (tertiary/aromatic N) is 1. The highest BCUT2D eigenvalue weighted by molar-refractivity contribution is 6.24. The standard InChI is InChI=1S/C17H23ClN2O3/c1-17(2,18)9-16(21)23-11-20-10-12(6-7-19)14-8-13(22-3)4-5-15(14)20/h4-5,8,10H,6-7,9,11,19H2,1-3H3. The van der Waals surface area contributed by atoms with Crippen LogP contribution in [-0.2, 0) is 22.7 Å². The summed E-state index contributed by atoms with van der Waals surface area (Å²) in [7, 11) is 1.64. The van der Waals surface area contributed by atoms with Crippen molar-refractivity contribution in [1.29, 1.82) is 0 Å². The first-order valence-electron chi connectivity index (χ1n) is 7.54. The van der Waals surface area contributed by atoms with Gasteiger partial charge in [0.05, 0.1) is 19.0 Å². The van der Waals surface area contributed by atoms with Crippen molar-refractivity contribution in [2.45, 2.75) is 38.3 Å². The molecule has 0 aliphatic rings. The Morgan fingerprint density at radius 2 is 2.13 bits per heavy atom. The molecule has 23 heavy (non-hydrogen) atoms. The van der Waals surface area contributed by atoms with Gasteiger partial charge < -0.3 is 19.8 Å². The molecule has 1 aromatic heterocycles. The van der Waals surface area contributed by atoms with Crippen LogP contribution in [0.3, 0.4) is 0 Å². The minimum Gasteiger partial charge on any atom is -0.497 e. The second-order valence-electron chi connectivity index (χ2n) is 6.09. The zero-order valence-corrected chi connectivity index (χ0v) is 14.5. The van der Waals surface area contributed by atoms with Crippen LogP contribution in [0.15, 0.2) is 24.4 Å². The molecule has 1 heterocycles. The number of carbonyl (C=O) groups is 1. The number of alkyl halides is 1. The minimum absolute atomic E-state index is 0.152. The molecule has 0 spiro atoms. The molecule has 0 amide bonds. The molecular formula is C17H23ClN2O3. The van der Waals surface area contributed by atoms with Crippen LogP contribution in [0.1, 0.15) is 25.8 Å². The Bertz CT molecular complexity index is 689. The van der Waals surface area contributed by atoms with E-state index in [2.05, 4.69) is 0 Å². The van der Waals surface area contributed by atoms with Crippen molar-refractivity contribution >= 4 is 28.5 Å². The van der Waals surface area contributed by atoms with Gasteiger partial charge in [0.2, 0.25) is 0 Å². The Labute approximate surface area is 141 Å². The number of benzene rings is 1. The van der Waals surface area contributed by atoms with Crippen molar-refractivity contribution < 1.29 is 14.3 Å². The first kappa shape index (κ1) is 17.6. The van der Waals surface area contributed by atoms with Gasteiger partial charge in [-0.1, -0.05) is 0 Å². The van der Waals surface area contributed by atoms with Crippen molar-refractivity contribution in [1.82, 2.24) is 4.57 Å². The van der Waals surface area contributed by atoms with E-state index in [-0.39, 0.29) is 19.1 Å². The first-order valence-corrected chi connectivity index (χ1v) is 7.92. The minimum atomic E-state index is -0.603. The van der Waals surface area contributed by atoms with Crippen LogP contribution < -0.4 is 10.5 Å². The summed E-state index contributed by atoms with van der Waals surface area (Å²) >= 11 is 6.05. The highest BCUT2D eigenvalue weighted by Gasteiger charge is 2.20. The maximum absolute atomic E-state index is 11.8. The van der Waals surface area contributed by atoms with Crippen LogP contribution in [0.5, 0.6) is 5.75 Å². The van der Waals surface area contributed by atoms with Gasteiger partial charge in [-0.15, -0.1) is 11.6 Å². The molecule has 0 aliphatic carbocycles. The third-order valence-electron chi connectivity index (χ3n) is 3.51. The third-order valence-corrected chi connectivity index (χ3v) is 3.65. The third kappa shape index (κ3) is 4.62. The number of hydrogen-bond donors (Lipinski definition) is 1. The Kier molecular flexibility index (Phi) is 5.55. The zero-order chi connectivity index (χ0) is 17.0. The molecule has 5 nitrogen and oxygen atoms in total. The van der Waals surface area contributed by atoms with E-state index in [1.54, 1.807) is 21.0 Å². The summed E-state index contributed by atoms with van der Waals surface area (Å²) in [6, 6.07) is 5.81. The molecule has 1 aromatic carbocycles. The highest BCUT2D eigenvalue weighted by atomic mass is 35.5. The second-order valence-corrected chi connectivity index (χ2v) is 7.11. The Hall–Kier alpha value is -1.72. The van der Waals surface area contributed by atoms with E-state index in [1.807, 2.05) is 29.0 Å². The van der Waals surface area contributed by atoms with Gasteiger partial charge in [-0.05, 0) is 50.6 Å². The molecule has 6 heteroatoms. The van der Waals surface area contributed by atoms with E-state index < -0.39 is 4.87 Å². The lowest BCUT2D eigenvalue weighted by atomic mass is 10.1. The van der Waals surface area contributed by atoms with Crippen LogP contribution in [0.4, 0.5) is 0 Å². The summed E-state index contributed by atoms with van der Waals surface area (Å²) in [6.07, 6.45) is 2.88. The highest BCUT2D eigenvalue weighted by Crippen LogP contribution is 2.26. The molecule has 0 bridgehead atoms. The largest absolute Gasteiger partial charge is 0.497 e. The number of fused-ring (bicyclic) bond motifs is 1. The van der Waals surface area contributed by atoms with Crippen LogP contribution in [0, 0.1) is 0 Å². The maximum atomic E-state index is 11.8. The lowest BCUT2D eigenvalue weighted by molar-refractivity contribution is -0.147. The van der Waals surface area contributed by atoms with E-state index in [4.69, 9.17) is 26.8 Å². The Morgan fingerprint density at radius 3 is 2.74 bits per heavy atom. The summed E-state index contributed by atoms with van der Waals surface area (Å²) in [4.78, 5) is 11.2. The van der Waals surface area contributed by atoms with E-state index in [0.717, 1.165) is 28.6 Å². The van der Waals surface area contributed by atoms with Gasteiger partial charge in [-0.25, -0.2) is 0 Å². The van der Waals surface area contributed by atoms with Crippen LogP contribution >= 0.6 is 11.6 Å². The monoisotopic (exact) mass is 338 g/mol. The predicted octanol–water partition coefficient (Wildman–Crippen LogP) is 3.06. The number of methoxy groups -OCH3 is 1. The summed E-state index contributed by atoms with van der Waals surface area (Å²) in [5.41, 5.74) is 7.77. The fraction of sp³-hybridized carbons (Fsp3) is 0.471. The van der Waals surface area contributed by atoms with Gasteiger partial charge in [0.1, 0.15) is 5.75 Å². The number of nitrogens with two attached hydrogens (primary N) is 1. The fourth-order valence-corrected chi connectivity index (χ4v) is 2.58. The van der Waals surface area contributed by atoms with Crippen LogP contribution in [-0.4, -0.2) is 29.1 Å². The van der Waals surface area contributed by atoms with Crippen LogP contribution in [0.25, 0.3) is 10.9 Å². The van der Waals surface area contributed by atoms with Crippen molar-refractivity contribution in [3.05, 3.63) is 30.0 Å². The molecule has 0 aliphatic heterocycles. The van der Waals surface area contributed by atoms with Gasteiger partial charge in [0.15, 0.2) is 6.73 Å². The van der Waals surface area contributed by atoms with Gasteiger partial charge >= 0.3 is 5.97 Å². The van der Waals surface area contributed by atoms with Gasteiger partial charge in [0, 0.05) is 16.5 Å². The molecule has 0 fully saturated rings. The molecule has 2 aromatic rings. The number of aromatic nitrogens is 1. The molecule has 2 rings (SSSR count). The SMILES string of the molecule is COc1ccc2c(c1)c(CCN)cn2COC(=O)CC(C)(C)Cl. The van der Waals surface area contributed by atoms with Crippen molar-refractivity contribution in [3.8, 4) is 5.75 Å². The topological polar surface area (TPSA) is 66.5 Å². The fourth-order valence-electron chi connectivity index (χ4n) is 2.47. The maximum Gasteiger partial charge on any atom is 0.309 e. The zero-order valence-electron chi connectivity index (χ0n) is 13.8. The Balaban J connectivity index is 2.22. The van der Waals surface area contributed by atoms with E-state index in [1.165, 1.54) is 0 Å². The molecule has 0 saturated heterocycles. The molecule has 0 unspecified atom stereocenters. The molecule has 0 saturated carbocycles. The average Bonchev–Trinajstić information content (AvgIpc) is 2.81. The number of carbonyl (C=O) groups excluding carboxylic acids is 1. The van der Waals surface area contributed by atoms with Crippen LogP contribution in [0.2, 0.25) is 0 Å². The van der Waals surface area contributed by atoms with E-state index in [0.29, 0.717) is 6.54 Å². The van der Waals surface area contributed by atoms with Gasteiger partial charge in [-0.2, -0.15) is 0 Å². The van der Waals surface area contributed by atoms with Crippen molar-refractivity contribution in [2.75, 3.05) is 13.7 Å². The van der Waals surface area contributed by atoms with E-state index in [9.17, 15) is 4.79 Å². The number of halogens is 1. The number of rotatable bonds is 7. The molecular weight excluding hydrogens is 316 g/mol. The normalized spacial score (nSPS) is 11.7. The summed E-state index contributed by atoms with van der Waals surface area (Å²) in [5.74, 6) is 0.468. The number of esters is 1. The average molecular weight is 339 g/mol. The van der Waals surface area contributed by atoms with Gasteiger partial charge in [-0.3, -0.25) is 4.79 Å². The molecule has 126 valence electrons. The van der Waals surface area contributed by atoms with E-state index >= 15 is 0 Å². The quantitative estimate of drug-likeness (QED) is 0.622. The first-order chi connectivity index (χ1) is 10.8. The lowest BCUT2D eigenvalue weighted by Gasteiger charge is -2.14. The molecule has 2 N–H and O–H groups in total. The lowest BCUT2D eigenvalue weighted by Crippen LogP contribution is -2.19. The number of ether oxygens (including phenoxy) is 2. The molecule has 0 radical (unpaired) electrons. The predicted molar refractivity (Wildman–Crippen MR) is 91.9 cm³/mol. The molecule has 0 atom stereocenters.